The van der Waals surface area contributed by atoms with E-state index in [2.05, 4.69) is 15.8 Å². The summed E-state index contributed by atoms with van der Waals surface area (Å²) in [5.41, 5.74) is 1.33. The molecule has 2 nitrogen and oxygen atoms in total. The fraction of sp³-hybridized carbons (Fsp3) is 0.500. The van der Waals surface area contributed by atoms with Gasteiger partial charge in [0.1, 0.15) is 11.3 Å². The highest BCUT2D eigenvalue weighted by molar-refractivity contribution is 7.99. The van der Waals surface area contributed by atoms with Gasteiger partial charge in [-0.25, -0.2) is 9.37 Å². The van der Waals surface area contributed by atoms with Crippen molar-refractivity contribution in [2.75, 3.05) is 6.26 Å². The van der Waals surface area contributed by atoms with Crippen LogP contribution in [0.4, 0.5) is 4.39 Å². The van der Waals surface area contributed by atoms with Crippen LogP contribution >= 0.6 is 23.4 Å². The molecule has 0 bridgehead atoms. The molecule has 2 aromatic rings. The summed E-state index contributed by atoms with van der Waals surface area (Å²) in [4.78, 5) is 4.39. The maximum absolute atomic E-state index is 13.9. The molecule has 0 amide bonds. The Hall–Kier alpha value is -0.740. The lowest BCUT2D eigenvalue weighted by Gasteiger charge is -2.22. The normalized spacial score (nSPS) is 23.3. The first-order valence-electron chi connectivity index (χ1n) is 6.50. The molecule has 3 rings (SSSR count). The second-order valence-electron chi connectivity index (χ2n) is 4.91. The predicted molar refractivity (Wildman–Crippen MR) is 79.4 cm³/mol. The van der Waals surface area contributed by atoms with Crippen molar-refractivity contribution < 1.29 is 4.39 Å². The van der Waals surface area contributed by atoms with Crippen molar-refractivity contribution >= 4 is 34.4 Å². The number of thioether (sulfide) groups is 1. The van der Waals surface area contributed by atoms with Gasteiger partial charge in [0.15, 0.2) is 5.82 Å². The van der Waals surface area contributed by atoms with Gasteiger partial charge >= 0.3 is 0 Å². The lowest BCUT2D eigenvalue weighted by atomic mass is 10.2. The molecule has 1 heterocycles. The van der Waals surface area contributed by atoms with E-state index in [1.165, 1.54) is 18.9 Å². The van der Waals surface area contributed by atoms with Gasteiger partial charge in [0.05, 0.1) is 11.4 Å². The van der Waals surface area contributed by atoms with Gasteiger partial charge in [-0.15, -0.1) is 11.6 Å². The van der Waals surface area contributed by atoms with Crippen LogP contribution in [0.2, 0.25) is 0 Å². The largest absolute Gasteiger partial charge is 0.323 e. The van der Waals surface area contributed by atoms with Crippen molar-refractivity contribution in [1.29, 1.82) is 0 Å². The Kier molecular flexibility index (Phi) is 3.72. The van der Waals surface area contributed by atoms with E-state index < -0.39 is 0 Å². The molecule has 0 N–H and O–H groups in total. The smallest absolute Gasteiger partial charge is 0.151 e. The maximum atomic E-state index is 13.9. The average Bonchev–Trinajstić information content (AvgIpc) is 3.01. The van der Waals surface area contributed by atoms with E-state index in [-0.39, 0.29) is 5.82 Å². The number of fused-ring (bicyclic) bond motifs is 1. The number of benzene rings is 1. The van der Waals surface area contributed by atoms with Crippen LogP contribution < -0.4 is 0 Å². The van der Waals surface area contributed by atoms with Crippen molar-refractivity contribution in [2.24, 2.45) is 0 Å². The van der Waals surface area contributed by atoms with Crippen LogP contribution in [-0.2, 0) is 5.88 Å². The Bertz CT molecular complexity index is 598. The first kappa shape index (κ1) is 13.3. The third kappa shape index (κ3) is 2.15. The Morgan fingerprint density at radius 3 is 3.05 bits per heavy atom. The summed E-state index contributed by atoms with van der Waals surface area (Å²) >= 11 is 7.90. The van der Waals surface area contributed by atoms with Crippen LogP contribution in [-0.4, -0.2) is 21.1 Å². The third-order valence-electron chi connectivity index (χ3n) is 3.92. The summed E-state index contributed by atoms with van der Waals surface area (Å²) in [7, 11) is 0. The highest BCUT2D eigenvalue weighted by Crippen LogP contribution is 2.40. The van der Waals surface area contributed by atoms with Gasteiger partial charge < -0.3 is 4.57 Å². The average molecular weight is 299 g/mol. The molecular formula is C14H16ClFN2S. The number of hydrogen-bond donors (Lipinski definition) is 0. The minimum Gasteiger partial charge on any atom is -0.323 e. The van der Waals surface area contributed by atoms with Gasteiger partial charge in [-0.1, -0.05) is 12.5 Å². The summed E-state index contributed by atoms with van der Waals surface area (Å²) in [6.45, 7) is 0. The van der Waals surface area contributed by atoms with E-state index in [0.29, 0.717) is 22.7 Å². The molecule has 5 heteroatoms. The van der Waals surface area contributed by atoms with E-state index in [4.69, 9.17) is 11.6 Å². The molecule has 0 aliphatic heterocycles. The number of alkyl halides is 1. The number of hydrogen-bond acceptors (Lipinski definition) is 2. The molecule has 1 fully saturated rings. The van der Waals surface area contributed by atoms with E-state index in [9.17, 15) is 4.39 Å². The van der Waals surface area contributed by atoms with Crippen LogP contribution in [0.25, 0.3) is 11.0 Å². The van der Waals surface area contributed by atoms with Crippen molar-refractivity contribution in [1.82, 2.24) is 9.55 Å². The van der Waals surface area contributed by atoms with E-state index in [0.717, 1.165) is 17.8 Å². The molecule has 0 radical (unpaired) electrons. The lowest BCUT2D eigenvalue weighted by Crippen LogP contribution is -2.17. The zero-order valence-electron chi connectivity index (χ0n) is 10.8. The van der Waals surface area contributed by atoms with Crippen LogP contribution in [0.1, 0.15) is 31.1 Å². The van der Waals surface area contributed by atoms with Gasteiger partial charge in [0, 0.05) is 11.3 Å². The molecule has 102 valence electrons. The minimum atomic E-state index is -0.263. The summed E-state index contributed by atoms with van der Waals surface area (Å²) in [5, 5.41) is 0.572. The standard InChI is InChI=1S/C14H16ClFN2S/c1-19-12-7-3-5-10(12)18-11-6-2-4-9(16)14(11)17-13(18)8-15/h2,4,6,10,12H,3,5,7-8H2,1H3. The monoisotopic (exact) mass is 298 g/mol. The Balaban J connectivity index is 2.18. The van der Waals surface area contributed by atoms with Gasteiger partial charge in [0.25, 0.3) is 0 Å². The van der Waals surface area contributed by atoms with Crippen molar-refractivity contribution in [3.8, 4) is 0 Å². The fourth-order valence-corrected chi connectivity index (χ4v) is 4.23. The van der Waals surface area contributed by atoms with Crippen LogP contribution in [0.5, 0.6) is 0 Å². The fourth-order valence-electron chi connectivity index (χ4n) is 3.07. The third-order valence-corrected chi connectivity index (χ3v) is 5.31. The number of rotatable bonds is 3. The molecule has 0 saturated heterocycles. The Morgan fingerprint density at radius 2 is 2.32 bits per heavy atom. The second kappa shape index (κ2) is 5.33. The molecule has 19 heavy (non-hydrogen) atoms. The lowest BCUT2D eigenvalue weighted by molar-refractivity contribution is 0.528. The van der Waals surface area contributed by atoms with E-state index >= 15 is 0 Å². The molecule has 0 spiro atoms. The number of aromatic nitrogens is 2. The SMILES string of the molecule is CSC1CCCC1n1c(CCl)nc2c(F)cccc21. The minimum absolute atomic E-state index is 0.263. The van der Waals surface area contributed by atoms with Gasteiger partial charge in [0.2, 0.25) is 0 Å². The van der Waals surface area contributed by atoms with Gasteiger partial charge in [-0.3, -0.25) is 0 Å². The summed E-state index contributed by atoms with van der Waals surface area (Å²) in [5.74, 6) is 0.847. The topological polar surface area (TPSA) is 17.8 Å². The zero-order chi connectivity index (χ0) is 13.4. The van der Waals surface area contributed by atoms with Crippen LogP contribution in [0.3, 0.4) is 0 Å². The van der Waals surface area contributed by atoms with Crippen molar-refractivity contribution in [3.05, 3.63) is 29.8 Å². The molecule has 2 atom stereocenters. The molecule has 1 aliphatic rings. The van der Waals surface area contributed by atoms with Crippen molar-refractivity contribution in [2.45, 2.75) is 36.4 Å². The number of para-hydroxylation sites is 1. The molecule has 2 unspecified atom stereocenters. The first-order chi connectivity index (χ1) is 9.26. The highest BCUT2D eigenvalue weighted by Gasteiger charge is 2.31. The van der Waals surface area contributed by atoms with Crippen LogP contribution in [0.15, 0.2) is 18.2 Å². The zero-order valence-corrected chi connectivity index (χ0v) is 12.3. The number of nitrogens with zero attached hydrogens (tertiary/aromatic N) is 2. The van der Waals surface area contributed by atoms with Gasteiger partial charge in [-0.05, 0) is 31.2 Å². The molecule has 1 aromatic heterocycles. The maximum Gasteiger partial charge on any atom is 0.151 e. The molecule has 1 saturated carbocycles. The molecule has 1 aliphatic carbocycles. The number of imidazole rings is 1. The first-order valence-corrected chi connectivity index (χ1v) is 8.32. The quantitative estimate of drug-likeness (QED) is 0.783. The van der Waals surface area contributed by atoms with E-state index in [1.54, 1.807) is 6.07 Å². The summed E-state index contributed by atoms with van der Waals surface area (Å²) in [6.07, 6.45) is 5.69. The van der Waals surface area contributed by atoms with Crippen molar-refractivity contribution in [3.63, 3.8) is 0 Å². The summed E-state index contributed by atoms with van der Waals surface area (Å²) < 4.78 is 16.0. The van der Waals surface area contributed by atoms with Gasteiger partial charge in [-0.2, -0.15) is 11.8 Å². The predicted octanol–water partition coefficient (Wildman–Crippen LogP) is 4.37. The Labute approximate surface area is 121 Å². The highest BCUT2D eigenvalue weighted by atomic mass is 35.5. The molecule has 1 aromatic carbocycles. The van der Waals surface area contributed by atoms with Crippen LogP contribution in [0, 0.1) is 5.82 Å². The number of halogens is 2. The molecular weight excluding hydrogens is 283 g/mol. The second-order valence-corrected chi connectivity index (χ2v) is 6.26. The van der Waals surface area contributed by atoms with E-state index in [1.807, 2.05) is 17.8 Å². The Morgan fingerprint density at radius 1 is 1.47 bits per heavy atom. The summed E-state index contributed by atoms with van der Waals surface area (Å²) in [6, 6.07) is 5.53.